The van der Waals surface area contributed by atoms with Crippen molar-refractivity contribution < 1.29 is 23.1 Å². The maximum Gasteiger partial charge on any atom is 0.254 e. The zero-order valence-electron chi connectivity index (χ0n) is 10.1. The molecule has 0 saturated heterocycles. The average molecular weight is 340 g/mol. The second-order valence-corrected chi connectivity index (χ2v) is 5.62. The molecule has 1 aromatic rings. The Hall–Kier alpha value is -1.24. The molecular formula is C12H13BrF3NO2. The molecule has 0 heterocycles. The number of hydrogen-bond acceptors (Lipinski definition) is 2. The summed E-state index contributed by atoms with van der Waals surface area (Å²) in [6.45, 7) is 2.21. The van der Waals surface area contributed by atoms with E-state index in [1.165, 1.54) is 0 Å². The summed E-state index contributed by atoms with van der Waals surface area (Å²) >= 11 is 3.33. The fourth-order valence-corrected chi connectivity index (χ4v) is 1.76. The van der Waals surface area contributed by atoms with Gasteiger partial charge in [0.1, 0.15) is 0 Å². The van der Waals surface area contributed by atoms with Crippen LogP contribution in [0.3, 0.4) is 0 Å². The molecule has 0 fully saturated rings. The zero-order chi connectivity index (χ0) is 14.6. The largest absolute Gasteiger partial charge is 0.503 e. The Morgan fingerprint density at radius 2 is 2.05 bits per heavy atom. The molecule has 106 valence electrons. The SMILES string of the molecule is CC(Br)CCCNC(=O)c1cc(F)c(F)c(O)c1F. The first-order chi connectivity index (χ1) is 8.84. The molecule has 1 aromatic carbocycles. The highest BCUT2D eigenvalue weighted by atomic mass is 79.9. The van der Waals surface area contributed by atoms with E-state index < -0.39 is 34.7 Å². The zero-order valence-corrected chi connectivity index (χ0v) is 11.7. The van der Waals surface area contributed by atoms with Crippen molar-refractivity contribution in [3.05, 3.63) is 29.1 Å². The summed E-state index contributed by atoms with van der Waals surface area (Å²) in [7, 11) is 0. The molecule has 0 radical (unpaired) electrons. The van der Waals surface area contributed by atoms with Gasteiger partial charge in [0.05, 0.1) is 5.56 Å². The second kappa shape index (κ2) is 6.79. The smallest absolute Gasteiger partial charge is 0.254 e. The van der Waals surface area contributed by atoms with Crippen LogP contribution in [0.25, 0.3) is 0 Å². The number of aromatic hydroxyl groups is 1. The van der Waals surface area contributed by atoms with Crippen LogP contribution in [0, 0.1) is 17.5 Å². The maximum absolute atomic E-state index is 13.4. The molecule has 0 bridgehead atoms. The number of benzene rings is 1. The van der Waals surface area contributed by atoms with Crippen molar-refractivity contribution in [2.45, 2.75) is 24.6 Å². The lowest BCUT2D eigenvalue weighted by molar-refractivity contribution is 0.0947. The number of carbonyl (C=O) groups is 1. The molecular weight excluding hydrogens is 327 g/mol. The van der Waals surface area contributed by atoms with Crippen LogP contribution in [0.5, 0.6) is 5.75 Å². The molecule has 0 aliphatic heterocycles. The number of phenolic OH excluding ortho intramolecular Hbond substituents is 1. The molecule has 2 N–H and O–H groups in total. The van der Waals surface area contributed by atoms with Crippen LogP contribution < -0.4 is 5.32 Å². The number of alkyl halides is 1. The predicted octanol–water partition coefficient (Wildman–Crippen LogP) is 3.10. The molecule has 1 atom stereocenters. The second-order valence-electron chi connectivity index (χ2n) is 4.06. The van der Waals surface area contributed by atoms with Crippen LogP contribution >= 0.6 is 15.9 Å². The molecule has 0 spiro atoms. The van der Waals surface area contributed by atoms with E-state index in [9.17, 15) is 18.0 Å². The highest BCUT2D eigenvalue weighted by molar-refractivity contribution is 9.09. The number of hydrogen-bond donors (Lipinski definition) is 2. The summed E-state index contributed by atoms with van der Waals surface area (Å²) in [6.07, 6.45) is 1.45. The quantitative estimate of drug-likeness (QED) is 0.492. The van der Waals surface area contributed by atoms with E-state index in [1.807, 2.05) is 6.92 Å². The normalized spacial score (nSPS) is 12.3. The number of halogens is 4. The summed E-state index contributed by atoms with van der Waals surface area (Å²) < 4.78 is 39.2. The molecule has 0 saturated carbocycles. The molecule has 1 unspecified atom stereocenters. The standard InChI is InChI=1S/C12H13BrF3NO2/c1-6(13)3-2-4-17-12(19)7-5-8(14)10(16)11(18)9(7)15/h5-6,18H,2-4H2,1H3,(H,17,19). The lowest BCUT2D eigenvalue weighted by atomic mass is 10.1. The van der Waals surface area contributed by atoms with Gasteiger partial charge < -0.3 is 10.4 Å². The Labute approximate surface area is 116 Å². The summed E-state index contributed by atoms with van der Waals surface area (Å²) in [5, 5.41) is 11.4. The molecule has 19 heavy (non-hydrogen) atoms. The van der Waals surface area contributed by atoms with Crippen molar-refractivity contribution in [3.63, 3.8) is 0 Å². The van der Waals surface area contributed by atoms with E-state index >= 15 is 0 Å². The Kier molecular flexibility index (Phi) is 5.65. The van der Waals surface area contributed by atoms with Crippen LogP contribution in [0.15, 0.2) is 6.07 Å². The maximum atomic E-state index is 13.4. The predicted molar refractivity (Wildman–Crippen MR) is 67.9 cm³/mol. The van der Waals surface area contributed by atoms with E-state index in [4.69, 9.17) is 5.11 Å². The van der Waals surface area contributed by atoms with E-state index in [2.05, 4.69) is 21.2 Å². The fourth-order valence-electron chi connectivity index (χ4n) is 1.44. The Bertz CT molecular complexity index is 481. The third-order valence-corrected chi connectivity index (χ3v) is 2.90. The van der Waals surface area contributed by atoms with Gasteiger partial charge in [-0.25, -0.2) is 8.78 Å². The summed E-state index contributed by atoms with van der Waals surface area (Å²) in [4.78, 5) is 11.8. The van der Waals surface area contributed by atoms with Gasteiger partial charge in [-0.05, 0) is 18.9 Å². The number of phenols is 1. The van der Waals surface area contributed by atoms with Crippen molar-refractivity contribution in [2.75, 3.05) is 6.54 Å². The number of nitrogens with one attached hydrogen (secondary N) is 1. The van der Waals surface area contributed by atoms with Gasteiger partial charge >= 0.3 is 0 Å². The number of rotatable bonds is 5. The summed E-state index contributed by atoms with van der Waals surface area (Å²) in [5.41, 5.74) is -0.719. The van der Waals surface area contributed by atoms with Gasteiger partial charge in [-0.3, -0.25) is 4.79 Å². The van der Waals surface area contributed by atoms with Gasteiger partial charge in [0.15, 0.2) is 17.4 Å². The van der Waals surface area contributed by atoms with Gasteiger partial charge in [0.25, 0.3) is 5.91 Å². The fraction of sp³-hybridized carbons (Fsp3) is 0.417. The van der Waals surface area contributed by atoms with E-state index in [-0.39, 0.29) is 11.4 Å². The van der Waals surface area contributed by atoms with Crippen LogP contribution in [-0.4, -0.2) is 22.4 Å². The lowest BCUT2D eigenvalue weighted by Gasteiger charge is -2.08. The number of carbonyl (C=O) groups excluding carboxylic acids is 1. The summed E-state index contributed by atoms with van der Waals surface area (Å²) in [6, 6.07) is 0.423. The molecule has 0 aromatic heterocycles. The minimum absolute atomic E-state index is 0.272. The van der Waals surface area contributed by atoms with Crippen LogP contribution in [0.4, 0.5) is 13.2 Å². The molecule has 1 amide bonds. The minimum Gasteiger partial charge on any atom is -0.503 e. The van der Waals surface area contributed by atoms with Gasteiger partial charge in [-0.1, -0.05) is 22.9 Å². The van der Waals surface area contributed by atoms with Crippen LogP contribution in [0.1, 0.15) is 30.1 Å². The highest BCUT2D eigenvalue weighted by Crippen LogP contribution is 2.25. The third kappa shape index (κ3) is 4.12. The van der Waals surface area contributed by atoms with Gasteiger partial charge in [-0.2, -0.15) is 4.39 Å². The topological polar surface area (TPSA) is 49.3 Å². The van der Waals surface area contributed by atoms with Crippen molar-refractivity contribution in [3.8, 4) is 5.75 Å². The first-order valence-corrected chi connectivity index (χ1v) is 6.55. The molecule has 7 heteroatoms. The number of amides is 1. The Balaban J connectivity index is 2.73. The van der Waals surface area contributed by atoms with Gasteiger partial charge in [-0.15, -0.1) is 0 Å². The van der Waals surface area contributed by atoms with E-state index in [0.29, 0.717) is 12.5 Å². The van der Waals surface area contributed by atoms with Crippen molar-refractivity contribution in [1.29, 1.82) is 0 Å². The van der Waals surface area contributed by atoms with Gasteiger partial charge in [0, 0.05) is 11.4 Å². The van der Waals surface area contributed by atoms with Crippen molar-refractivity contribution in [1.82, 2.24) is 5.32 Å². The first-order valence-electron chi connectivity index (χ1n) is 5.63. The first kappa shape index (κ1) is 15.8. The Morgan fingerprint density at radius 1 is 1.42 bits per heavy atom. The van der Waals surface area contributed by atoms with Crippen molar-refractivity contribution in [2.24, 2.45) is 0 Å². The molecule has 0 aliphatic rings. The third-order valence-electron chi connectivity index (χ3n) is 2.44. The van der Waals surface area contributed by atoms with E-state index in [0.717, 1.165) is 6.42 Å². The van der Waals surface area contributed by atoms with E-state index in [1.54, 1.807) is 0 Å². The van der Waals surface area contributed by atoms with Gasteiger partial charge in [0.2, 0.25) is 5.82 Å². The highest BCUT2D eigenvalue weighted by Gasteiger charge is 2.22. The van der Waals surface area contributed by atoms with Crippen LogP contribution in [0.2, 0.25) is 0 Å². The average Bonchev–Trinajstić information content (AvgIpc) is 2.36. The molecule has 1 rings (SSSR count). The van der Waals surface area contributed by atoms with Crippen molar-refractivity contribution >= 4 is 21.8 Å². The molecule has 3 nitrogen and oxygen atoms in total. The Morgan fingerprint density at radius 3 is 2.63 bits per heavy atom. The minimum atomic E-state index is -1.71. The molecule has 0 aliphatic carbocycles. The van der Waals surface area contributed by atoms with Crippen LogP contribution in [-0.2, 0) is 0 Å². The summed E-state index contributed by atoms with van der Waals surface area (Å²) in [5.74, 6) is -7.03. The monoisotopic (exact) mass is 339 g/mol. The lowest BCUT2D eigenvalue weighted by Crippen LogP contribution is -2.26.